The van der Waals surface area contributed by atoms with E-state index in [1.807, 2.05) is 48.5 Å². The lowest BCUT2D eigenvalue weighted by atomic mass is 9.95. The third kappa shape index (κ3) is 4.77. The summed E-state index contributed by atoms with van der Waals surface area (Å²) in [6, 6.07) is 15.0. The maximum Gasteiger partial charge on any atom is 0.311 e. The Balaban J connectivity index is 1.25. The maximum atomic E-state index is 12.1. The van der Waals surface area contributed by atoms with Crippen molar-refractivity contribution in [1.29, 1.82) is 10.8 Å². The molecule has 1 saturated heterocycles. The molecule has 34 heavy (non-hydrogen) atoms. The van der Waals surface area contributed by atoms with Crippen LogP contribution < -0.4 is 10.5 Å². The molecule has 176 valence electrons. The first kappa shape index (κ1) is 22.4. The molecule has 8 heteroatoms. The molecule has 2 aromatic carbocycles. The van der Waals surface area contributed by atoms with E-state index in [9.17, 15) is 9.90 Å². The topological polar surface area (TPSA) is 123 Å². The van der Waals surface area contributed by atoms with Crippen LogP contribution in [-0.4, -0.2) is 46.8 Å². The van der Waals surface area contributed by atoms with Crippen LogP contribution in [0.15, 0.2) is 48.5 Å². The second-order valence-electron chi connectivity index (χ2n) is 9.18. The van der Waals surface area contributed by atoms with Crippen LogP contribution in [0, 0.1) is 16.7 Å². The van der Waals surface area contributed by atoms with E-state index < -0.39 is 11.9 Å². The van der Waals surface area contributed by atoms with Gasteiger partial charge in [-0.05, 0) is 66.6 Å². The summed E-state index contributed by atoms with van der Waals surface area (Å²) in [5.74, 6) is 0.437. The predicted octanol–water partition coefficient (Wildman–Crippen LogP) is 4.44. The van der Waals surface area contributed by atoms with Crippen molar-refractivity contribution in [3.63, 3.8) is 0 Å². The summed E-state index contributed by atoms with van der Waals surface area (Å²) in [7, 11) is 0. The number of aliphatic carboxylic acids is 1. The van der Waals surface area contributed by atoms with Crippen molar-refractivity contribution in [2.45, 2.75) is 37.7 Å². The van der Waals surface area contributed by atoms with Crippen molar-refractivity contribution >= 4 is 39.1 Å². The smallest absolute Gasteiger partial charge is 0.311 e. The Kier molecular flexibility index (Phi) is 6.00. The average Bonchev–Trinajstić information content (AvgIpc) is 3.43. The molecule has 1 aliphatic carbocycles. The quantitative estimate of drug-likeness (QED) is 0.283. The van der Waals surface area contributed by atoms with Crippen molar-refractivity contribution < 1.29 is 14.6 Å². The third-order valence-electron chi connectivity index (χ3n) is 6.62. The Morgan fingerprint density at radius 2 is 1.91 bits per heavy atom. The SMILES string of the molecule is N=C(N)c1ccc2sc(CC(C(=O)O)c3ccc(O[C@H]4CCN(C(=N)C5CC5)C4)cc3)cc2c1. The summed E-state index contributed by atoms with van der Waals surface area (Å²) < 4.78 is 7.18. The number of hydrogen-bond donors (Lipinski definition) is 4. The number of ether oxygens (including phenoxy) is 1. The number of carbonyl (C=O) groups is 1. The van der Waals surface area contributed by atoms with Crippen LogP contribution in [0.5, 0.6) is 5.75 Å². The Hall–Kier alpha value is -3.39. The summed E-state index contributed by atoms with van der Waals surface area (Å²) in [6.45, 7) is 1.61. The molecule has 0 bridgehead atoms. The molecule has 0 spiro atoms. The first-order valence-electron chi connectivity index (χ1n) is 11.6. The lowest BCUT2D eigenvalue weighted by Gasteiger charge is -2.19. The standard InChI is InChI=1S/C26H28N4O3S/c27-24(28)17-5-8-23-18(11-17)12-21(34-23)13-22(26(31)32)15-3-6-19(7-4-15)33-20-9-10-30(14-20)25(29)16-1-2-16/h3-8,11-12,16,20,22,29H,1-2,9-10,13-14H2,(H3,27,28)(H,31,32)/t20-,22?/m0/s1. The Morgan fingerprint density at radius 3 is 2.59 bits per heavy atom. The van der Waals surface area contributed by atoms with Gasteiger partial charge in [-0.3, -0.25) is 15.6 Å². The molecule has 3 aromatic rings. The van der Waals surface area contributed by atoms with Gasteiger partial charge in [0.2, 0.25) is 0 Å². The molecule has 5 N–H and O–H groups in total. The van der Waals surface area contributed by atoms with Gasteiger partial charge in [0.1, 0.15) is 17.7 Å². The van der Waals surface area contributed by atoms with Crippen LogP contribution in [0.1, 0.15) is 41.2 Å². The largest absolute Gasteiger partial charge is 0.489 e. The molecule has 0 radical (unpaired) electrons. The number of nitrogen functional groups attached to an aromatic ring is 1. The second-order valence-corrected chi connectivity index (χ2v) is 10.3. The minimum absolute atomic E-state index is 0.0202. The highest BCUT2D eigenvalue weighted by Crippen LogP contribution is 2.34. The first-order valence-corrected chi connectivity index (χ1v) is 12.4. The van der Waals surface area contributed by atoms with E-state index in [1.54, 1.807) is 11.3 Å². The molecule has 2 heterocycles. The van der Waals surface area contributed by atoms with Gasteiger partial charge in [0, 0.05) is 34.0 Å². The number of rotatable bonds is 8. The number of nitrogens with two attached hydrogens (primary N) is 1. The minimum Gasteiger partial charge on any atom is -0.489 e. The van der Waals surface area contributed by atoms with E-state index in [-0.39, 0.29) is 11.9 Å². The lowest BCUT2D eigenvalue weighted by molar-refractivity contribution is -0.138. The number of carboxylic acids is 1. The fourth-order valence-corrected chi connectivity index (χ4v) is 5.63. The van der Waals surface area contributed by atoms with Crippen LogP contribution in [0.3, 0.4) is 0 Å². The summed E-state index contributed by atoms with van der Waals surface area (Å²) >= 11 is 1.57. The lowest BCUT2D eigenvalue weighted by Crippen LogP contribution is -2.31. The van der Waals surface area contributed by atoms with Gasteiger partial charge >= 0.3 is 5.97 Å². The zero-order valence-corrected chi connectivity index (χ0v) is 19.6. The summed E-state index contributed by atoms with van der Waals surface area (Å²) in [6.07, 6.45) is 3.61. The van der Waals surface area contributed by atoms with Crippen molar-refractivity contribution in [3.05, 3.63) is 64.5 Å². The van der Waals surface area contributed by atoms with Gasteiger partial charge in [-0.2, -0.15) is 0 Å². The molecular formula is C26H28N4O3S. The van der Waals surface area contributed by atoms with Gasteiger partial charge in [0.05, 0.1) is 18.3 Å². The Morgan fingerprint density at radius 1 is 1.15 bits per heavy atom. The summed E-state index contributed by atoms with van der Waals surface area (Å²) in [5.41, 5.74) is 7.00. The average molecular weight is 477 g/mol. The molecule has 1 saturated carbocycles. The molecule has 2 aliphatic rings. The van der Waals surface area contributed by atoms with Gasteiger partial charge in [0.15, 0.2) is 0 Å². The van der Waals surface area contributed by atoms with Gasteiger partial charge < -0.3 is 20.5 Å². The zero-order valence-electron chi connectivity index (χ0n) is 18.8. The van der Waals surface area contributed by atoms with E-state index in [0.29, 0.717) is 17.9 Å². The molecule has 2 fully saturated rings. The number of fused-ring (bicyclic) bond motifs is 1. The Bertz CT molecular complexity index is 1250. The van der Waals surface area contributed by atoms with Crippen molar-refractivity contribution in [1.82, 2.24) is 4.90 Å². The highest BCUT2D eigenvalue weighted by atomic mass is 32.1. The maximum absolute atomic E-state index is 12.1. The summed E-state index contributed by atoms with van der Waals surface area (Å²) in [5, 5.41) is 26.7. The number of thiophene rings is 1. The highest BCUT2D eigenvalue weighted by molar-refractivity contribution is 7.19. The van der Waals surface area contributed by atoms with E-state index in [1.165, 1.54) is 0 Å². The molecule has 2 atom stereocenters. The summed E-state index contributed by atoms with van der Waals surface area (Å²) in [4.78, 5) is 15.2. The molecule has 5 rings (SSSR count). The van der Waals surface area contributed by atoms with Crippen LogP contribution in [0.2, 0.25) is 0 Å². The number of hydrogen-bond acceptors (Lipinski definition) is 5. The van der Waals surface area contributed by atoms with Crippen LogP contribution in [0.25, 0.3) is 10.1 Å². The normalized spacial score (nSPS) is 18.7. The second kappa shape index (κ2) is 9.10. The zero-order chi connectivity index (χ0) is 23.8. The molecule has 1 aliphatic heterocycles. The monoisotopic (exact) mass is 476 g/mol. The van der Waals surface area contributed by atoms with E-state index in [4.69, 9.17) is 21.3 Å². The number of likely N-dealkylation sites (tertiary alicyclic amines) is 1. The van der Waals surface area contributed by atoms with Crippen molar-refractivity contribution in [2.75, 3.05) is 13.1 Å². The van der Waals surface area contributed by atoms with Crippen molar-refractivity contribution in [2.24, 2.45) is 11.7 Å². The van der Waals surface area contributed by atoms with Gasteiger partial charge in [-0.25, -0.2) is 0 Å². The molecular weight excluding hydrogens is 448 g/mol. The van der Waals surface area contributed by atoms with Crippen molar-refractivity contribution in [3.8, 4) is 5.75 Å². The first-order chi connectivity index (χ1) is 16.4. The number of nitrogens with one attached hydrogen (secondary N) is 2. The van der Waals surface area contributed by atoms with E-state index in [2.05, 4.69) is 4.90 Å². The molecule has 0 amide bonds. The number of carboxylic acid groups (broad SMARTS) is 1. The Labute approximate surface area is 202 Å². The van der Waals surface area contributed by atoms with E-state index >= 15 is 0 Å². The molecule has 1 unspecified atom stereocenters. The fraction of sp³-hybridized carbons (Fsp3) is 0.346. The highest BCUT2D eigenvalue weighted by Gasteiger charge is 2.34. The van der Waals surface area contributed by atoms with Crippen LogP contribution in [0.4, 0.5) is 0 Å². The van der Waals surface area contributed by atoms with Crippen LogP contribution in [-0.2, 0) is 11.2 Å². The van der Waals surface area contributed by atoms with Crippen LogP contribution >= 0.6 is 11.3 Å². The molecule has 7 nitrogen and oxygen atoms in total. The number of benzene rings is 2. The van der Waals surface area contributed by atoms with Gasteiger partial charge in [-0.1, -0.05) is 12.1 Å². The van der Waals surface area contributed by atoms with E-state index in [0.717, 1.165) is 64.5 Å². The number of nitrogens with zero attached hydrogens (tertiary/aromatic N) is 1. The fourth-order valence-electron chi connectivity index (χ4n) is 4.54. The van der Waals surface area contributed by atoms with Gasteiger partial charge in [0.25, 0.3) is 0 Å². The molecule has 1 aromatic heterocycles. The predicted molar refractivity (Wildman–Crippen MR) is 134 cm³/mol. The van der Waals surface area contributed by atoms with Gasteiger partial charge in [-0.15, -0.1) is 11.3 Å². The minimum atomic E-state index is -0.861. The number of amidine groups is 2. The third-order valence-corrected chi connectivity index (χ3v) is 7.76.